The Labute approximate surface area is 235 Å². The number of hydrogen-bond donors (Lipinski definition) is 3. The first-order valence-electron chi connectivity index (χ1n) is 13.4. The van der Waals surface area contributed by atoms with Crippen LogP contribution in [0.15, 0.2) is 97.6 Å². The summed E-state index contributed by atoms with van der Waals surface area (Å²) in [5.41, 5.74) is 9.71. The Kier molecular flexibility index (Phi) is 6.29. The SMILES string of the molecule is Cc1cc(F)cc(-c2nccc3[nH]c(-c4n[nH]c5cnc(-c6cncc(CNCc7ccccc7)c6)cc45)cc23)c1. The topological polar surface area (TPSA) is 95.2 Å². The lowest BCUT2D eigenvalue weighted by atomic mass is 10.0. The lowest BCUT2D eigenvalue weighted by Gasteiger charge is -2.07. The summed E-state index contributed by atoms with van der Waals surface area (Å²) in [7, 11) is 0. The van der Waals surface area contributed by atoms with Gasteiger partial charge in [0, 0.05) is 59.1 Å². The standard InChI is InChI=1S/C33H26FN7/c1-20-9-23(12-25(34)10-20)32-26-14-30(39-28(26)7-8-37-32)33-27-13-29(38-19-31(27)40-41-33)24-11-22(17-36-18-24)16-35-15-21-5-3-2-4-6-21/h2-14,17-19,35,39H,15-16H2,1H3,(H,40,41). The van der Waals surface area contributed by atoms with Crippen molar-refractivity contribution in [2.75, 3.05) is 0 Å². The van der Waals surface area contributed by atoms with E-state index in [1.807, 2.05) is 61.8 Å². The molecule has 0 radical (unpaired) electrons. The summed E-state index contributed by atoms with van der Waals surface area (Å²) in [5.74, 6) is -0.279. The third-order valence-electron chi connectivity index (χ3n) is 7.16. The van der Waals surface area contributed by atoms with Crippen LogP contribution in [0.1, 0.15) is 16.7 Å². The zero-order valence-electron chi connectivity index (χ0n) is 22.3. The number of fused-ring (bicyclic) bond motifs is 2. The molecular formula is C33H26FN7. The van der Waals surface area contributed by atoms with Crippen molar-refractivity contribution in [3.8, 4) is 33.9 Å². The normalized spacial score (nSPS) is 11.5. The van der Waals surface area contributed by atoms with E-state index in [-0.39, 0.29) is 5.82 Å². The van der Waals surface area contributed by atoms with Crippen LogP contribution in [0.25, 0.3) is 55.7 Å². The van der Waals surface area contributed by atoms with Crippen LogP contribution < -0.4 is 5.32 Å². The van der Waals surface area contributed by atoms with Crippen LogP contribution in [-0.2, 0) is 13.1 Å². The van der Waals surface area contributed by atoms with Crippen molar-refractivity contribution < 1.29 is 4.39 Å². The molecule has 0 fully saturated rings. The molecule has 7 nitrogen and oxygen atoms in total. The van der Waals surface area contributed by atoms with Crippen molar-refractivity contribution in [1.29, 1.82) is 0 Å². The Balaban J connectivity index is 1.21. The maximum Gasteiger partial charge on any atom is 0.124 e. The number of H-pyrrole nitrogens is 2. The monoisotopic (exact) mass is 539 g/mol. The molecule has 0 atom stereocenters. The fraction of sp³-hybridized carbons (Fsp3) is 0.0909. The van der Waals surface area contributed by atoms with Crippen molar-refractivity contribution in [2.24, 2.45) is 0 Å². The first-order chi connectivity index (χ1) is 20.1. The van der Waals surface area contributed by atoms with E-state index >= 15 is 0 Å². The molecule has 7 rings (SSSR count). The number of pyridine rings is 3. The van der Waals surface area contributed by atoms with Gasteiger partial charge < -0.3 is 10.3 Å². The van der Waals surface area contributed by atoms with Gasteiger partial charge in [-0.1, -0.05) is 30.3 Å². The lowest BCUT2D eigenvalue weighted by molar-refractivity contribution is 0.627. The maximum absolute atomic E-state index is 14.2. The lowest BCUT2D eigenvalue weighted by Crippen LogP contribution is -2.12. The van der Waals surface area contributed by atoms with Crippen molar-refractivity contribution in [2.45, 2.75) is 20.0 Å². The number of halogens is 1. The van der Waals surface area contributed by atoms with Gasteiger partial charge in [-0.25, -0.2) is 4.39 Å². The highest BCUT2D eigenvalue weighted by Gasteiger charge is 2.16. The number of rotatable bonds is 7. The highest BCUT2D eigenvalue weighted by molar-refractivity contribution is 6.00. The fourth-order valence-corrected chi connectivity index (χ4v) is 5.24. The Morgan fingerprint density at radius 1 is 0.756 bits per heavy atom. The molecule has 5 heterocycles. The molecule has 0 unspecified atom stereocenters. The summed E-state index contributed by atoms with van der Waals surface area (Å²) in [5, 5.41) is 13.0. The zero-order chi connectivity index (χ0) is 27.8. The molecule has 5 aromatic heterocycles. The van der Waals surface area contributed by atoms with Gasteiger partial charge in [0.25, 0.3) is 0 Å². The van der Waals surface area contributed by atoms with Crippen molar-refractivity contribution in [3.63, 3.8) is 0 Å². The number of hydrogen-bond acceptors (Lipinski definition) is 5. The number of aromatic amines is 2. The molecule has 8 heteroatoms. The molecule has 0 aliphatic rings. The molecular weight excluding hydrogens is 513 g/mol. The summed E-state index contributed by atoms with van der Waals surface area (Å²) in [6, 6.07) is 23.4. The number of nitrogens with one attached hydrogen (secondary N) is 3. The minimum absolute atomic E-state index is 0.279. The average Bonchev–Trinajstić information content (AvgIpc) is 3.61. The maximum atomic E-state index is 14.2. The minimum Gasteiger partial charge on any atom is -0.353 e. The van der Waals surface area contributed by atoms with Crippen LogP contribution in [0.4, 0.5) is 4.39 Å². The van der Waals surface area contributed by atoms with E-state index in [9.17, 15) is 4.39 Å². The molecule has 0 amide bonds. The van der Waals surface area contributed by atoms with Crippen molar-refractivity contribution in [1.82, 2.24) is 35.5 Å². The van der Waals surface area contributed by atoms with E-state index in [0.717, 1.165) is 73.4 Å². The Hall–Kier alpha value is -5.21. The molecule has 0 aliphatic heterocycles. The van der Waals surface area contributed by atoms with Gasteiger partial charge in [-0.2, -0.15) is 5.10 Å². The summed E-state index contributed by atoms with van der Waals surface area (Å²) < 4.78 is 14.2. The van der Waals surface area contributed by atoms with Gasteiger partial charge in [-0.15, -0.1) is 0 Å². The van der Waals surface area contributed by atoms with E-state index in [1.54, 1.807) is 12.4 Å². The van der Waals surface area contributed by atoms with Crippen molar-refractivity contribution >= 4 is 21.8 Å². The zero-order valence-corrected chi connectivity index (χ0v) is 22.3. The third-order valence-corrected chi connectivity index (χ3v) is 7.16. The summed E-state index contributed by atoms with van der Waals surface area (Å²) in [6.07, 6.45) is 7.24. The molecule has 0 bridgehead atoms. The third kappa shape index (κ3) is 4.97. The van der Waals surface area contributed by atoms with E-state index in [1.165, 1.54) is 17.7 Å². The van der Waals surface area contributed by atoms with Gasteiger partial charge in [0.2, 0.25) is 0 Å². The Bertz CT molecular complexity index is 1990. The molecule has 0 aliphatic carbocycles. The first-order valence-corrected chi connectivity index (χ1v) is 13.4. The van der Waals surface area contributed by atoms with Crippen molar-refractivity contribution in [3.05, 3.63) is 120 Å². The van der Waals surface area contributed by atoms with Gasteiger partial charge in [0.1, 0.15) is 11.5 Å². The van der Waals surface area contributed by atoms with Crippen LogP contribution in [0.3, 0.4) is 0 Å². The number of aryl methyl sites for hydroxylation is 1. The number of benzene rings is 2. The smallest absolute Gasteiger partial charge is 0.124 e. The largest absolute Gasteiger partial charge is 0.353 e. The molecule has 7 aromatic rings. The second-order valence-electron chi connectivity index (χ2n) is 10.2. The predicted octanol–water partition coefficient (Wildman–Crippen LogP) is 6.97. The van der Waals surface area contributed by atoms with Crippen LogP contribution in [-0.4, -0.2) is 30.1 Å². The quantitative estimate of drug-likeness (QED) is 0.203. The average molecular weight is 540 g/mol. The highest BCUT2D eigenvalue weighted by Crippen LogP contribution is 2.34. The second-order valence-corrected chi connectivity index (χ2v) is 10.2. The molecule has 0 saturated heterocycles. The molecule has 0 saturated carbocycles. The predicted molar refractivity (Wildman–Crippen MR) is 159 cm³/mol. The molecule has 2 aromatic carbocycles. The summed E-state index contributed by atoms with van der Waals surface area (Å²) >= 11 is 0. The highest BCUT2D eigenvalue weighted by atomic mass is 19.1. The summed E-state index contributed by atoms with van der Waals surface area (Å²) in [6.45, 7) is 3.36. The van der Waals surface area contributed by atoms with E-state index in [4.69, 9.17) is 0 Å². The van der Waals surface area contributed by atoms with Crippen LogP contribution in [0.5, 0.6) is 0 Å². The second kappa shape index (κ2) is 10.4. The fourth-order valence-electron chi connectivity index (χ4n) is 5.24. The van der Waals surface area contributed by atoms with E-state index < -0.39 is 0 Å². The van der Waals surface area contributed by atoms with Gasteiger partial charge in [-0.3, -0.25) is 20.1 Å². The first kappa shape index (κ1) is 24.8. The number of aromatic nitrogens is 6. The van der Waals surface area contributed by atoms with E-state index in [2.05, 4.69) is 53.6 Å². The van der Waals surface area contributed by atoms with Gasteiger partial charge in [-0.05, 0) is 66.1 Å². The molecule has 3 N–H and O–H groups in total. The van der Waals surface area contributed by atoms with Gasteiger partial charge in [0.15, 0.2) is 0 Å². The molecule has 0 spiro atoms. The van der Waals surface area contributed by atoms with Gasteiger partial charge in [0.05, 0.1) is 28.8 Å². The molecule has 41 heavy (non-hydrogen) atoms. The minimum atomic E-state index is -0.279. The number of nitrogens with zero attached hydrogens (tertiary/aromatic N) is 4. The van der Waals surface area contributed by atoms with Crippen LogP contribution in [0, 0.1) is 12.7 Å². The Morgan fingerprint density at radius 2 is 1.61 bits per heavy atom. The van der Waals surface area contributed by atoms with Crippen LogP contribution >= 0.6 is 0 Å². The Morgan fingerprint density at radius 3 is 2.49 bits per heavy atom. The van der Waals surface area contributed by atoms with Crippen LogP contribution in [0.2, 0.25) is 0 Å². The van der Waals surface area contributed by atoms with E-state index in [0.29, 0.717) is 6.54 Å². The van der Waals surface area contributed by atoms with Gasteiger partial charge >= 0.3 is 0 Å². The molecule has 200 valence electrons. The summed E-state index contributed by atoms with van der Waals surface area (Å²) in [4.78, 5) is 17.2.